The predicted molar refractivity (Wildman–Crippen MR) is 348 cm³/mol. The first-order valence-corrected chi connectivity index (χ1v) is 33.2. The quantitative estimate of drug-likeness (QED) is 0.0261. The first-order valence-electron chi connectivity index (χ1n) is 33.2. The molecule has 0 spiro atoms. The van der Waals surface area contributed by atoms with Crippen molar-refractivity contribution in [2.45, 2.75) is 303 Å². The number of carbonyl (C=O) groups is 3. The largest absolute Gasteiger partial charge is 0.462 e. The zero-order valence-electron chi connectivity index (χ0n) is 52.0. The van der Waals surface area contributed by atoms with Gasteiger partial charge >= 0.3 is 17.9 Å². The van der Waals surface area contributed by atoms with Crippen molar-refractivity contribution < 1.29 is 28.6 Å². The lowest BCUT2D eigenvalue weighted by Gasteiger charge is -2.18. The van der Waals surface area contributed by atoms with Gasteiger partial charge in [-0.3, -0.25) is 14.4 Å². The Morgan fingerprint density at radius 3 is 0.787 bits per heavy atom. The molecule has 1 unspecified atom stereocenters. The molecule has 0 aliphatic heterocycles. The Balaban J connectivity index is 4.48. The third-order valence-corrected chi connectivity index (χ3v) is 13.9. The van der Waals surface area contributed by atoms with Crippen LogP contribution in [-0.2, 0) is 28.6 Å². The molecule has 0 N–H and O–H groups in total. The van der Waals surface area contributed by atoms with Crippen molar-refractivity contribution >= 4 is 17.9 Å². The van der Waals surface area contributed by atoms with Crippen molar-refractivity contribution in [3.05, 3.63) is 134 Å². The third kappa shape index (κ3) is 64.4. The summed E-state index contributed by atoms with van der Waals surface area (Å²) in [6, 6.07) is 0. The second-order valence-corrected chi connectivity index (χ2v) is 21.6. The molecule has 80 heavy (non-hydrogen) atoms. The van der Waals surface area contributed by atoms with E-state index in [4.69, 9.17) is 14.2 Å². The maximum Gasteiger partial charge on any atom is 0.306 e. The zero-order chi connectivity index (χ0) is 57.8. The Hall–Kier alpha value is -4.45. The van der Waals surface area contributed by atoms with Crippen LogP contribution in [0.5, 0.6) is 0 Å². The number of hydrogen-bond donors (Lipinski definition) is 0. The smallest absolute Gasteiger partial charge is 0.306 e. The molecule has 1 atom stereocenters. The second kappa shape index (κ2) is 67.1. The molecule has 0 heterocycles. The fraction of sp³-hybridized carbons (Fsp3) is 0.662. The van der Waals surface area contributed by atoms with Crippen LogP contribution in [0.25, 0.3) is 0 Å². The van der Waals surface area contributed by atoms with Gasteiger partial charge < -0.3 is 14.2 Å². The molecule has 0 aliphatic carbocycles. The molecular formula is C74H122O6. The highest BCUT2D eigenvalue weighted by Crippen LogP contribution is 2.15. The van der Waals surface area contributed by atoms with Crippen LogP contribution in [0.3, 0.4) is 0 Å². The van der Waals surface area contributed by atoms with Crippen LogP contribution in [0, 0.1) is 0 Å². The van der Waals surface area contributed by atoms with Crippen molar-refractivity contribution in [1.82, 2.24) is 0 Å². The molecule has 454 valence electrons. The van der Waals surface area contributed by atoms with E-state index in [1.807, 2.05) is 0 Å². The lowest BCUT2D eigenvalue weighted by Crippen LogP contribution is -2.30. The molecule has 0 fully saturated rings. The van der Waals surface area contributed by atoms with Crippen molar-refractivity contribution in [3.8, 4) is 0 Å². The molecule has 6 heteroatoms. The zero-order valence-corrected chi connectivity index (χ0v) is 52.0. The van der Waals surface area contributed by atoms with Crippen molar-refractivity contribution in [2.24, 2.45) is 0 Å². The molecule has 0 bridgehead atoms. The van der Waals surface area contributed by atoms with Crippen LogP contribution in [0.2, 0.25) is 0 Å². The highest BCUT2D eigenvalue weighted by molar-refractivity contribution is 5.71. The normalized spacial score (nSPS) is 13.0. The maximum atomic E-state index is 12.9. The van der Waals surface area contributed by atoms with Gasteiger partial charge in [0.2, 0.25) is 0 Å². The van der Waals surface area contributed by atoms with Crippen molar-refractivity contribution in [3.63, 3.8) is 0 Å². The van der Waals surface area contributed by atoms with E-state index in [1.54, 1.807) is 0 Å². The number of esters is 3. The van der Waals surface area contributed by atoms with Gasteiger partial charge in [-0.05, 0) is 141 Å². The molecule has 0 aromatic rings. The number of carbonyl (C=O) groups excluding carboxylic acids is 3. The van der Waals surface area contributed by atoms with Gasteiger partial charge in [0.1, 0.15) is 13.2 Å². The summed E-state index contributed by atoms with van der Waals surface area (Å²) in [5, 5.41) is 0. The van der Waals surface area contributed by atoms with Crippen LogP contribution >= 0.6 is 0 Å². The lowest BCUT2D eigenvalue weighted by molar-refractivity contribution is -0.167. The van der Waals surface area contributed by atoms with E-state index in [0.29, 0.717) is 19.3 Å². The highest BCUT2D eigenvalue weighted by Gasteiger charge is 2.19. The van der Waals surface area contributed by atoms with Gasteiger partial charge in [-0.25, -0.2) is 0 Å². The van der Waals surface area contributed by atoms with Gasteiger partial charge in [0.15, 0.2) is 6.10 Å². The molecule has 0 aromatic carbocycles. The minimum Gasteiger partial charge on any atom is -0.462 e. The molecule has 0 aliphatic rings. The van der Waals surface area contributed by atoms with Crippen LogP contribution in [-0.4, -0.2) is 37.2 Å². The standard InChI is InChI=1S/C74H122O6/c1-4-7-10-13-16-19-22-25-28-31-33-35-36-37-38-40-41-43-46-49-52-55-58-61-64-67-73(76)79-70-71(69-78-72(75)66-63-60-57-54-51-48-45-30-27-24-21-18-15-12-9-6-3)80-74(77)68-65-62-59-56-53-50-47-44-42-39-34-32-29-26-23-20-17-14-11-8-5-2/h7,10,16,19,21,23-26,28,30,32-35,37-38,41,43,45,49,52,71H,4-6,8-9,11-15,17-18,20,22,27,29,31,36,39-40,42,44,46-48,50-51,53-70H2,1-3H3/b10-7-,19-16-,24-21-,26-23-,28-25-,34-32-,35-33-,38-37-,43-41-,45-30-,52-49-. The van der Waals surface area contributed by atoms with E-state index in [0.717, 1.165) is 141 Å². The van der Waals surface area contributed by atoms with E-state index in [-0.39, 0.29) is 31.1 Å². The average Bonchev–Trinajstić information content (AvgIpc) is 3.46. The Morgan fingerprint density at radius 2 is 0.487 bits per heavy atom. The highest BCUT2D eigenvalue weighted by atomic mass is 16.6. The van der Waals surface area contributed by atoms with Crippen LogP contribution in [0.4, 0.5) is 0 Å². The summed E-state index contributed by atoms with van der Waals surface area (Å²) in [6.45, 7) is 6.47. The maximum absolute atomic E-state index is 12.9. The topological polar surface area (TPSA) is 78.9 Å². The lowest BCUT2D eigenvalue weighted by atomic mass is 10.1. The van der Waals surface area contributed by atoms with E-state index < -0.39 is 6.10 Å². The Bertz CT molecular complexity index is 1700. The Morgan fingerprint density at radius 1 is 0.263 bits per heavy atom. The summed E-state index contributed by atoms with van der Waals surface area (Å²) in [6.07, 6.45) is 94.5. The van der Waals surface area contributed by atoms with E-state index in [1.165, 1.54) is 116 Å². The number of unbranched alkanes of at least 4 members (excludes halogenated alkanes) is 26. The first kappa shape index (κ1) is 75.5. The minimum atomic E-state index is -0.807. The van der Waals surface area contributed by atoms with E-state index in [2.05, 4.69) is 154 Å². The fourth-order valence-corrected chi connectivity index (χ4v) is 8.89. The van der Waals surface area contributed by atoms with Gasteiger partial charge in [-0.2, -0.15) is 0 Å². The summed E-state index contributed by atoms with van der Waals surface area (Å²) in [5.74, 6) is -0.947. The summed E-state index contributed by atoms with van der Waals surface area (Å²) in [7, 11) is 0. The van der Waals surface area contributed by atoms with Crippen molar-refractivity contribution in [1.29, 1.82) is 0 Å². The molecular weight excluding hydrogens is 985 g/mol. The fourth-order valence-electron chi connectivity index (χ4n) is 8.89. The predicted octanol–water partition coefficient (Wildman–Crippen LogP) is 22.9. The van der Waals surface area contributed by atoms with Gasteiger partial charge in [0.05, 0.1) is 0 Å². The monoisotopic (exact) mass is 1110 g/mol. The molecule has 0 rings (SSSR count). The van der Waals surface area contributed by atoms with E-state index >= 15 is 0 Å². The van der Waals surface area contributed by atoms with Crippen LogP contribution < -0.4 is 0 Å². The molecule has 0 aromatic heterocycles. The molecule has 6 nitrogen and oxygen atoms in total. The summed E-state index contributed by atoms with van der Waals surface area (Å²) in [5.41, 5.74) is 0. The SMILES string of the molecule is CC/C=C\C/C=C\C/C=C\C/C=C\C/C=C\C/C=C\C/C=C\CCCCCC(=O)OCC(COC(=O)CCCCCCC/C=C\C/C=C\CCCCCC)OC(=O)CCCCCCCCCCC/C=C\C/C=C\CCCCCCC. The number of hydrogen-bond acceptors (Lipinski definition) is 6. The summed E-state index contributed by atoms with van der Waals surface area (Å²) < 4.78 is 16.9. The van der Waals surface area contributed by atoms with E-state index in [9.17, 15) is 14.4 Å². The Kier molecular flexibility index (Phi) is 63.3. The van der Waals surface area contributed by atoms with Gasteiger partial charge in [0.25, 0.3) is 0 Å². The summed E-state index contributed by atoms with van der Waals surface area (Å²) >= 11 is 0. The van der Waals surface area contributed by atoms with Crippen LogP contribution in [0.15, 0.2) is 134 Å². The van der Waals surface area contributed by atoms with Gasteiger partial charge in [-0.1, -0.05) is 270 Å². The van der Waals surface area contributed by atoms with Gasteiger partial charge in [0, 0.05) is 19.3 Å². The third-order valence-electron chi connectivity index (χ3n) is 13.9. The Labute approximate surface area is 494 Å². The first-order chi connectivity index (χ1) is 39.5. The summed E-state index contributed by atoms with van der Waals surface area (Å²) in [4.78, 5) is 38.4. The molecule has 0 radical (unpaired) electrons. The van der Waals surface area contributed by atoms with Gasteiger partial charge in [-0.15, -0.1) is 0 Å². The second-order valence-electron chi connectivity index (χ2n) is 21.6. The minimum absolute atomic E-state index is 0.101. The molecule has 0 saturated carbocycles. The number of ether oxygens (including phenoxy) is 3. The van der Waals surface area contributed by atoms with Crippen molar-refractivity contribution in [2.75, 3.05) is 13.2 Å². The molecule has 0 saturated heterocycles. The number of allylic oxidation sites excluding steroid dienone is 22. The van der Waals surface area contributed by atoms with Crippen LogP contribution in [0.1, 0.15) is 297 Å². The molecule has 0 amide bonds. The average molecular weight is 1110 g/mol. The number of rotatable bonds is 59.